The Hall–Kier alpha value is -1.84. The van der Waals surface area contributed by atoms with Gasteiger partial charge >= 0.3 is 0 Å². The summed E-state index contributed by atoms with van der Waals surface area (Å²) in [6.07, 6.45) is 1.89. The number of alkyl halides is 1. The SMILES string of the molecule is Cc1c(Nc2ccccc2OCCCl)cc(Cl)c2[nH]ccc12. The van der Waals surface area contributed by atoms with E-state index >= 15 is 0 Å². The van der Waals surface area contributed by atoms with E-state index in [1.807, 2.05) is 42.6 Å². The molecule has 1 aromatic heterocycles. The van der Waals surface area contributed by atoms with E-state index in [0.717, 1.165) is 33.6 Å². The third kappa shape index (κ3) is 2.87. The molecule has 0 aliphatic heterocycles. The molecule has 0 atom stereocenters. The van der Waals surface area contributed by atoms with E-state index in [-0.39, 0.29) is 0 Å². The zero-order chi connectivity index (χ0) is 15.5. The van der Waals surface area contributed by atoms with E-state index in [1.165, 1.54) is 0 Å². The van der Waals surface area contributed by atoms with Gasteiger partial charge in [-0.3, -0.25) is 0 Å². The Morgan fingerprint density at radius 3 is 2.82 bits per heavy atom. The van der Waals surface area contributed by atoms with Crippen LogP contribution in [0.15, 0.2) is 42.6 Å². The maximum atomic E-state index is 6.35. The standard InChI is InChI=1S/C17H16Cl2N2O/c1-11-12-6-8-20-17(12)13(19)10-15(11)21-14-4-2-3-5-16(14)22-9-7-18/h2-6,8,10,20-21H,7,9H2,1H3. The topological polar surface area (TPSA) is 37.0 Å². The second kappa shape index (κ2) is 6.51. The Balaban J connectivity index is 1.98. The minimum Gasteiger partial charge on any atom is -0.490 e. The Morgan fingerprint density at radius 2 is 2.00 bits per heavy atom. The largest absolute Gasteiger partial charge is 0.490 e. The van der Waals surface area contributed by atoms with Crippen LogP contribution in [0.25, 0.3) is 10.9 Å². The van der Waals surface area contributed by atoms with Crippen molar-refractivity contribution < 1.29 is 4.74 Å². The highest BCUT2D eigenvalue weighted by Crippen LogP contribution is 2.35. The van der Waals surface area contributed by atoms with Gasteiger partial charge in [0.1, 0.15) is 12.4 Å². The summed E-state index contributed by atoms with van der Waals surface area (Å²) in [7, 11) is 0. The van der Waals surface area contributed by atoms with Gasteiger partial charge in [-0.2, -0.15) is 0 Å². The van der Waals surface area contributed by atoms with Gasteiger partial charge in [0.25, 0.3) is 0 Å². The third-order valence-electron chi connectivity index (χ3n) is 3.56. The van der Waals surface area contributed by atoms with Crippen molar-refractivity contribution in [1.82, 2.24) is 4.98 Å². The first-order valence-electron chi connectivity index (χ1n) is 7.01. The Bertz CT molecular complexity index is 798. The van der Waals surface area contributed by atoms with Gasteiger partial charge in [-0.1, -0.05) is 23.7 Å². The van der Waals surface area contributed by atoms with Crippen LogP contribution in [0.5, 0.6) is 5.75 Å². The highest BCUT2D eigenvalue weighted by Gasteiger charge is 2.11. The minimum absolute atomic E-state index is 0.453. The van der Waals surface area contributed by atoms with Crippen molar-refractivity contribution in [2.24, 2.45) is 0 Å². The molecule has 0 spiro atoms. The highest BCUT2D eigenvalue weighted by molar-refractivity contribution is 6.35. The predicted molar refractivity (Wildman–Crippen MR) is 94.0 cm³/mol. The molecule has 0 aliphatic rings. The summed E-state index contributed by atoms with van der Waals surface area (Å²) < 4.78 is 5.67. The normalized spacial score (nSPS) is 10.9. The van der Waals surface area contributed by atoms with Gasteiger partial charge < -0.3 is 15.0 Å². The predicted octanol–water partition coefficient (Wildman–Crippen LogP) is 5.49. The number of ether oxygens (including phenoxy) is 1. The second-order valence-corrected chi connectivity index (χ2v) is 5.74. The number of fused-ring (bicyclic) bond motifs is 1. The smallest absolute Gasteiger partial charge is 0.142 e. The number of anilines is 2. The fourth-order valence-electron chi connectivity index (χ4n) is 2.45. The van der Waals surface area contributed by atoms with Crippen molar-refractivity contribution in [2.75, 3.05) is 17.8 Å². The monoisotopic (exact) mass is 334 g/mol. The molecule has 3 nitrogen and oxygen atoms in total. The maximum Gasteiger partial charge on any atom is 0.142 e. The number of aromatic amines is 1. The quantitative estimate of drug-likeness (QED) is 0.605. The van der Waals surface area contributed by atoms with Crippen LogP contribution in [-0.2, 0) is 0 Å². The van der Waals surface area contributed by atoms with Crippen LogP contribution in [0.4, 0.5) is 11.4 Å². The summed E-state index contributed by atoms with van der Waals surface area (Å²) in [6, 6.07) is 11.7. The average molecular weight is 335 g/mol. The van der Waals surface area contributed by atoms with Gasteiger partial charge in [0.15, 0.2) is 0 Å². The zero-order valence-electron chi connectivity index (χ0n) is 12.1. The van der Waals surface area contributed by atoms with Crippen LogP contribution in [0, 0.1) is 6.92 Å². The van der Waals surface area contributed by atoms with Gasteiger partial charge in [-0.05, 0) is 36.8 Å². The molecule has 0 saturated carbocycles. The molecular weight excluding hydrogens is 319 g/mol. The number of H-pyrrole nitrogens is 1. The average Bonchev–Trinajstić information content (AvgIpc) is 3.02. The molecule has 0 unspecified atom stereocenters. The fraction of sp³-hybridized carbons (Fsp3) is 0.176. The molecule has 2 N–H and O–H groups in total. The molecule has 114 valence electrons. The first-order chi connectivity index (χ1) is 10.7. The number of aromatic nitrogens is 1. The zero-order valence-corrected chi connectivity index (χ0v) is 13.6. The van der Waals surface area contributed by atoms with Crippen molar-refractivity contribution >= 4 is 45.5 Å². The molecule has 2 aromatic carbocycles. The van der Waals surface area contributed by atoms with E-state index in [2.05, 4.69) is 17.2 Å². The molecule has 0 aliphatic carbocycles. The number of aryl methyl sites for hydroxylation is 1. The van der Waals surface area contributed by atoms with Crippen molar-refractivity contribution in [1.29, 1.82) is 0 Å². The molecule has 0 radical (unpaired) electrons. The van der Waals surface area contributed by atoms with Gasteiger partial charge in [-0.15, -0.1) is 11.6 Å². The first kappa shape index (κ1) is 15.1. The number of nitrogens with one attached hydrogen (secondary N) is 2. The van der Waals surface area contributed by atoms with Crippen LogP contribution in [0.1, 0.15) is 5.56 Å². The first-order valence-corrected chi connectivity index (χ1v) is 7.93. The number of rotatable bonds is 5. The van der Waals surface area contributed by atoms with Gasteiger partial charge in [0, 0.05) is 17.3 Å². The van der Waals surface area contributed by atoms with Crippen molar-refractivity contribution in [3.63, 3.8) is 0 Å². The van der Waals surface area contributed by atoms with Crippen LogP contribution >= 0.6 is 23.2 Å². The van der Waals surface area contributed by atoms with Crippen LogP contribution < -0.4 is 10.1 Å². The maximum absolute atomic E-state index is 6.35. The van der Waals surface area contributed by atoms with Crippen molar-refractivity contribution in [3.05, 3.63) is 53.2 Å². The Kier molecular flexibility index (Phi) is 4.46. The third-order valence-corrected chi connectivity index (χ3v) is 4.01. The molecule has 22 heavy (non-hydrogen) atoms. The van der Waals surface area contributed by atoms with E-state index in [4.69, 9.17) is 27.9 Å². The fourth-order valence-corrected chi connectivity index (χ4v) is 2.79. The number of para-hydroxylation sites is 2. The lowest BCUT2D eigenvalue weighted by molar-refractivity contribution is 0.344. The molecule has 3 rings (SSSR count). The summed E-state index contributed by atoms with van der Waals surface area (Å²) in [5.41, 5.74) is 3.94. The van der Waals surface area contributed by atoms with Gasteiger partial charge in [0.2, 0.25) is 0 Å². The van der Waals surface area contributed by atoms with E-state index in [9.17, 15) is 0 Å². The van der Waals surface area contributed by atoms with E-state index < -0.39 is 0 Å². The number of halogens is 2. The summed E-state index contributed by atoms with van der Waals surface area (Å²) in [5.74, 6) is 1.22. The Labute approximate surface area is 139 Å². The van der Waals surface area contributed by atoms with Crippen LogP contribution in [0.2, 0.25) is 5.02 Å². The van der Waals surface area contributed by atoms with E-state index in [1.54, 1.807) is 0 Å². The van der Waals surface area contributed by atoms with Crippen LogP contribution in [0.3, 0.4) is 0 Å². The summed E-state index contributed by atoms with van der Waals surface area (Å²) in [5, 5.41) is 5.20. The van der Waals surface area contributed by atoms with Crippen molar-refractivity contribution in [3.8, 4) is 5.75 Å². The van der Waals surface area contributed by atoms with Gasteiger partial charge in [-0.25, -0.2) is 0 Å². The number of benzene rings is 2. The minimum atomic E-state index is 0.453. The van der Waals surface area contributed by atoms with E-state index in [0.29, 0.717) is 17.5 Å². The molecule has 0 amide bonds. The molecular formula is C17H16Cl2N2O. The lowest BCUT2D eigenvalue weighted by Crippen LogP contribution is -2.02. The Morgan fingerprint density at radius 1 is 1.18 bits per heavy atom. The second-order valence-electron chi connectivity index (χ2n) is 4.96. The van der Waals surface area contributed by atoms with Crippen LogP contribution in [-0.4, -0.2) is 17.5 Å². The lowest BCUT2D eigenvalue weighted by Gasteiger charge is -2.15. The van der Waals surface area contributed by atoms with Crippen molar-refractivity contribution in [2.45, 2.75) is 6.92 Å². The highest BCUT2D eigenvalue weighted by atomic mass is 35.5. The molecule has 0 fully saturated rings. The summed E-state index contributed by atoms with van der Waals surface area (Å²) in [6.45, 7) is 2.54. The number of hydrogen-bond donors (Lipinski definition) is 2. The molecule has 0 bridgehead atoms. The summed E-state index contributed by atoms with van der Waals surface area (Å²) in [4.78, 5) is 3.16. The molecule has 5 heteroatoms. The number of hydrogen-bond acceptors (Lipinski definition) is 2. The molecule has 1 heterocycles. The molecule has 3 aromatic rings. The van der Waals surface area contributed by atoms with Gasteiger partial charge in [0.05, 0.1) is 22.1 Å². The molecule has 0 saturated heterocycles. The lowest BCUT2D eigenvalue weighted by atomic mass is 10.1. The summed E-state index contributed by atoms with van der Waals surface area (Å²) >= 11 is 12.0.